The van der Waals surface area contributed by atoms with E-state index in [9.17, 15) is 0 Å². The van der Waals surface area contributed by atoms with Gasteiger partial charge in [-0.2, -0.15) is 0 Å². The van der Waals surface area contributed by atoms with Crippen LogP contribution in [0.3, 0.4) is 0 Å². The molecule has 0 saturated carbocycles. The minimum absolute atomic E-state index is 0.703. The molecule has 0 aliphatic heterocycles. The van der Waals surface area contributed by atoms with Crippen molar-refractivity contribution in [2.45, 2.75) is 0 Å². The highest BCUT2D eigenvalue weighted by atomic mass is 32.1. The van der Waals surface area contributed by atoms with Crippen LogP contribution in [0.5, 0.6) is 0 Å². The van der Waals surface area contributed by atoms with E-state index in [2.05, 4.69) is 188 Å². The first kappa shape index (κ1) is 32.7. The molecule has 0 saturated heterocycles. The first-order valence-corrected chi connectivity index (χ1v) is 20.4. The van der Waals surface area contributed by atoms with Gasteiger partial charge in [-0.15, -0.1) is 22.7 Å². The molecule has 0 amide bonds. The standard InChI is InChI=1S/C52H32N2S2/c1-3-13-33(14-4-1)34-25-27-35(28-26-34)44-32-45(54-52(53-44)36-15-5-2-6-16-36)39-30-37(40-19-11-23-48-50(40)42-17-7-9-21-46(42)55-48)29-38(31-39)41-20-12-24-49-51(41)43-18-8-10-22-47(43)56-49/h1-32H. The lowest BCUT2D eigenvalue weighted by atomic mass is 9.91. The summed E-state index contributed by atoms with van der Waals surface area (Å²) in [6.45, 7) is 0. The van der Waals surface area contributed by atoms with Crippen LogP contribution in [0.1, 0.15) is 0 Å². The Bertz CT molecular complexity index is 3100. The van der Waals surface area contributed by atoms with Crippen molar-refractivity contribution < 1.29 is 0 Å². The maximum Gasteiger partial charge on any atom is 0.160 e. The largest absolute Gasteiger partial charge is 0.228 e. The molecule has 0 spiro atoms. The van der Waals surface area contributed by atoms with E-state index in [1.165, 1.54) is 62.6 Å². The summed E-state index contributed by atoms with van der Waals surface area (Å²) in [7, 11) is 0. The molecular weight excluding hydrogens is 717 g/mol. The van der Waals surface area contributed by atoms with Crippen LogP contribution in [0, 0.1) is 0 Å². The maximum absolute atomic E-state index is 5.33. The molecule has 0 radical (unpaired) electrons. The molecule has 0 aliphatic carbocycles. The topological polar surface area (TPSA) is 25.8 Å². The number of nitrogens with zero attached hydrogens (tertiary/aromatic N) is 2. The van der Waals surface area contributed by atoms with E-state index < -0.39 is 0 Å². The quantitative estimate of drug-likeness (QED) is 0.169. The van der Waals surface area contributed by atoms with Crippen molar-refractivity contribution in [1.29, 1.82) is 0 Å². The monoisotopic (exact) mass is 748 g/mol. The minimum atomic E-state index is 0.703. The number of benzene rings is 8. The summed E-state index contributed by atoms with van der Waals surface area (Å²) in [5, 5.41) is 5.16. The lowest BCUT2D eigenvalue weighted by Gasteiger charge is -2.15. The van der Waals surface area contributed by atoms with Gasteiger partial charge in [0.1, 0.15) is 0 Å². The molecule has 3 heterocycles. The summed E-state index contributed by atoms with van der Waals surface area (Å²) in [5.74, 6) is 0.703. The molecule has 4 heteroatoms. The van der Waals surface area contributed by atoms with E-state index in [1.807, 2.05) is 28.7 Å². The van der Waals surface area contributed by atoms with Crippen LogP contribution in [0.2, 0.25) is 0 Å². The number of hydrogen-bond donors (Lipinski definition) is 0. The summed E-state index contributed by atoms with van der Waals surface area (Å²) in [6.07, 6.45) is 0. The molecule has 0 aliphatic rings. The van der Waals surface area contributed by atoms with Crippen molar-refractivity contribution >= 4 is 63.0 Å². The fourth-order valence-corrected chi connectivity index (χ4v) is 10.3. The summed E-state index contributed by atoms with van der Waals surface area (Å²) < 4.78 is 5.17. The third-order valence-corrected chi connectivity index (χ3v) is 13.0. The fourth-order valence-electron chi connectivity index (χ4n) is 8.04. The smallest absolute Gasteiger partial charge is 0.160 e. The van der Waals surface area contributed by atoms with Gasteiger partial charge in [0.2, 0.25) is 0 Å². The predicted octanol–water partition coefficient (Wildman–Crippen LogP) is 15.2. The normalized spacial score (nSPS) is 11.6. The molecular formula is C52H32N2S2. The second-order valence-corrected chi connectivity index (χ2v) is 16.3. The third kappa shape index (κ3) is 5.70. The van der Waals surface area contributed by atoms with Gasteiger partial charge in [-0.3, -0.25) is 0 Å². The van der Waals surface area contributed by atoms with Gasteiger partial charge >= 0.3 is 0 Å². The Labute approximate surface area is 332 Å². The molecule has 0 fully saturated rings. The minimum Gasteiger partial charge on any atom is -0.228 e. The van der Waals surface area contributed by atoms with Crippen LogP contribution in [0.4, 0.5) is 0 Å². The molecule has 0 bridgehead atoms. The average Bonchev–Trinajstić information content (AvgIpc) is 3.86. The molecule has 11 rings (SSSR count). The van der Waals surface area contributed by atoms with Crippen molar-refractivity contribution in [2.24, 2.45) is 0 Å². The lowest BCUT2D eigenvalue weighted by molar-refractivity contribution is 1.18. The van der Waals surface area contributed by atoms with Gasteiger partial charge in [0.05, 0.1) is 11.4 Å². The Balaban J connectivity index is 1.16. The molecule has 0 N–H and O–H groups in total. The molecule has 3 aromatic heterocycles. The Kier molecular flexibility index (Phi) is 7.90. The van der Waals surface area contributed by atoms with Gasteiger partial charge in [0, 0.05) is 57.0 Å². The molecule has 11 aromatic rings. The molecule has 0 atom stereocenters. The van der Waals surface area contributed by atoms with Crippen LogP contribution in [-0.4, -0.2) is 9.97 Å². The second kappa shape index (κ2) is 13.5. The number of rotatable bonds is 6. The van der Waals surface area contributed by atoms with Gasteiger partial charge in [0.25, 0.3) is 0 Å². The zero-order chi connectivity index (χ0) is 37.0. The highest BCUT2D eigenvalue weighted by Crippen LogP contribution is 2.45. The molecule has 56 heavy (non-hydrogen) atoms. The zero-order valence-corrected chi connectivity index (χ0v) is 31.8. The number of fused-ring (bicyclic) bond motifs is 6. The third-order valence-electron chi connectivity index (χ3n) is 10.7. The molecule has 262 valence electrons. The molecule has 2 nitrogen and oxygen atoms in total. The van der Waals surface area contributed by atoms with Gasteiger partial charge in [-0.1, -0.05) is 146 Å². The Morgan fingerprint density at radius 1 is 0.286 bits per heavy atom. The fraction of sp³-hybridized carbons (Fsp3) is 0. The van der Waals surface area contributed by atoms with Crippen LogP contribution < -0.4 is 0 Å². The Morgan fingerprint density at radius 2 is 0.714 bits per heavy atom. The van der Waals surface area contributed by atoms with Gasteiger partial charge in [-0.25, -0.2) is 9.97 Å². The second-order valence-electron chi connectivity index (χ2n) is 14.1. The molecule has 8 aromatic carbocycles. The maximum atomic E-state index is 5.33. The van der Waals surface area contributed by atoms with E-state index in [4.69, 9.17) is 9.97 Å². The van der Waals surface area contributed by atoms with Gasteiger partial charge in [-0.05, 0) is 81.9 Å². The molecule has 0 unspecified atom stereocenters. The predicted molar refractivity (Wildman–Crippen MR) is 240 cm³/mol. The van der Waals surface area contributed by atoms with Gasteiger partial charge < -0.3 is 0 Å². The van der Waals surface area contributed by atoms with Crippen molar-refractivity contribution in [3.05, 3.63) is 194 Å². The van der Waals surface area contributed by atoms with Crippen LogP contribution in [0.25, 0.3) is 108 Å². The highest BCUT2D eigenvalue weighted by molar-refractivity contribution is 7.26. The Morgan fingerprint density at radius 3 is 1.29 bits per heavy atom. The van der Waals surface area contributed by atoms with Crippen LogP contribution >= 0.6 is 22.7 Å². The van der Waals surface area contributed by atoms with Crippen molar-refractivity contribution in [3.63, 3.8) is 0 Å². The zero-order valence-electron chi connectivity index (χ0n) is 30.2. The van der Waals surface area contributed by atoms with Crippen molar-refractivity contribution in [2.75, 3.05) is 0 Å². The van der Waals surface area contributed by atoms with E-state index in [-0.39, 0.29) is 0 Å². The number of hydrogen-bond acceptors (Lipinski definition) is 4. The highest BCUT2D eigenvalue weighted by Gasteiger charge is 2.18. The van der Waals surface area contributed by atoms with Crippen molar-refractivity contribution in [3.8, 4) is 67.3 Å². The first-order chi connectivity index (χ1) is 27.7. The van der Waals surface area contributed by atoms with Crippen LogP contribution in [0.15, 0.2) is 194 Å². The Hall–Kier alpha value is -6.72. The van der Waals surface area contributed by atoms with Crippen LogP contribution in [-0.2, 0) is 0 Å². The summed E-state index contributed by atoms with van der Waals surface area (Å²) in [5.41, 5.74) is 12.0. The van der Waals surface area contributed by atoms with E-state index in [0.717, 1.165) is 39.2 Å². The number of thiophene rings is 2. The van der Waals surface area contributed by atoms with E-state index in [0.29, 0.717) is 5.82 Å². The van der Waals surface area contributed by atoms with E-state index >= 15 is 0 Å². The summed E-state index contributed by atoms with van der Waals surface area (Å²) in [6, 6.07) is 69.7. The number of aromatic nitrogens is 2. The first-order valence-electron chi connectivity index (χ1n) is 18.8. The SMILES string of the molecule is c1ccc(-c2ccc(-c3cc(-c4cc(-c5cccc6sc7ccccc7c56)cc(-c5cccc6sc7ccccc7c56)c4)nc(-c4ccccc4)n3)cc2)cc1. The average molecular weight is 749 g/mol. The van der Waals surface area contributed by atoms with Gasteiger partial charge in [0.15, 0.2) is 5.82 Å². The lowest BCUT2D eigenvalue weighted by Crippen LogP contribution is -1.97. The summed E-state index contributed by atoms with van der Waals surface area (Å²) in [4.78, 5) is 10.5. The van der Waals surface area contributed by atoms with E-state index in [1.54, 1.807) is 0 Å². The van der Waals surface area contributed by atoms with Crippen molar-refractivity contribution in [1.82, 2.24) is 9.97 Å². The summed E-state index contributed by atoms with van der Waals surface area (Å²) >= 11 is 3.71.